The van der Waals surface area contributed by atoms with E-state index in [9.17, 15) is 0 Å². The average Bonchev–Trinajstić information content (AvgIpc) is 3.12. The molecule has 2 aliphatic rings. The van der Waals surface area contributed by atoms with Gasteiger partial charge in [0.05, 0.1) is 0 Å². The van der Waals surface area contributed by atoms with Gasteiger partial charge >= 0.3 is 0 Å². The van der Waals surface area contributed by atoms with Gasteiger partial charge in [0.25, 0.3) is 0 Å². The summed E-state index contributed by atoms with van der Waals surface area (Å²) >= 11 is 0. The molecule has 47 heavy (non-hydrogen) atoms. The lowest BCUT2D eigenvalue weighted by Gasteiger charge is -2.41. The van der Waals surface area contributed by atoms with E-state index in [4.69, 9.17) is 4.74 Å². The zero-order valence-corrected chi connectivity index (χ0v) is 30.3. The van der Waals surface area contributed by atoms with Crippen molar-refractivity contribution in [2.75, 3.05) is 18.0 Å². The molecule has 2 heteroatoms. The maximum absolute atomic E-state index is 7.48. The molecule has 0 N–H and O–H groups in total. The molecule has 1 atom stereocenters. The Balaban J connectivity index is 0.00000120. The quantitative estimate of drug-likeness (QED) is 0.198. The Hall–Kier alpha value is -4.30. The summed E-state index contributed by atoms with van der Waals surface area (Å²) in [4.78, 5) is 2.52. The highest BCUT2D eigenvalue weighted by Gasteiger charge is 2.43. The Morgan fingerprint density at radius 2 is 1.43 bits per heavy atom. The van der Waals surface area contributed by atoms with Crippen molar-refractivity contribution in [3.05, 3.63) is 142 Å². The summed E-state index contributed by atoms with van der Waals surface area (Å²) in [6, 6.07) is 26.7. The van der Waals surface area contributed by atoms with Gasteiger partial charge < -0.3 is 9.64 Å². The van der Waals surface area contributed by atoms with Gasteiger partial charge in [-0.15, -0.1) is 0 Å². The fourth-order valence-corrected chi connectivity index (χ4v) is 7.03. The minimum Gasteiger partial charge on any atom is -0.472 e. The smallest absolute Gasteiger partial charge is 0.180 e. The van der Waals surface area contributed by atoms with E-state index in [0.29, 0.717) is 0 Å². The van der Waals surface area contributed by atoms with E-state index in [-0.39, 0.29) is 0 Å². The first-order valence-electron chi connectivity index (χ1n) is 17.7. The molecule has 4 aromatic rings. The molecule has 6 rings (SSSR count). The number of anilines is 1. The summed E-state index contributed by atoms with van der Waals surface area (Å²) in [5.41, 5.74) is 11.4. The van der Waals surface area contributed by atoms with E-state index in [1.165, 1.54) is 63.7 Å². The van der Waals surface area contributed by atoms with Crippen LogP contribution in [0.4, 0.5) is 5.69 Å². The second-order valence-electron chi connectivity index (χ2n) is 12.4. The van der Waals surface area contributed by atoms with Crippen LogP contribution in [0.3, 0.4) is 0 Å². The molecule has 0 aromatic heterocycles. The Kier molecular flexibility index (Phi) is 12.1. The molecule has 0 bridgehead atoms. The maximum Gasteiger partial charge on any atom is 0.180 e. The van der Waals surface area contributed by atoms with Crippen LogP contribution in [-0.2, 0) is 5.60 Å². The first kappa shape index (κ1) is 35.6. The predicted molar refractivity (Wildman–Crippen MR) is 208 cm³/mol. The van der Waals surface area contributed by atoms with E-state index in [0.717, 1.165) is 40.9 Å². The number of fused-ring (bicyclic) bond motifs is 3. The fourth-order valence-electron chi connectivity index (χ4n) is 7.03. The maximum atomic E-state index is 7.48. The fraction of sp³-hybridized carbons (Fsp3) is 0.333. The van der Waals surface area contributed by atoms with Gasteiger partial charge in [0.1, 0.15) is 5.75 Å². The number of hydrogen-bond acceptors (Lipinski definition) is 2. The standard InChI is InChI=1S/C41H43NO.2C2H6/c1-7-8-17-35(28(2)3)39-31(6)37-27-30(5)41(32-15-11-9-12-16-32,43-40(37)38-26-29(4)18-23-36(38)39)33-19-21-34(22-20-33)42-24-13-10-14-25-42;2*1-2/h7-9,11-12,15-23,26-27H,1,10,13-14,24-25H2,2-6H3;2*1-2H3/b17-8-;;. The third-order valence-corrected chi connectivity index (χ3v) is 9.27. The molecule has 0 amide bonds. The Labute approximate surface area is 285 Å². The Bertz CT molecular complexity index is 1760. The van der Waals surface area contributed by atoms with Crippen molar-refractivity contribution in [1.82, 2.24) is 0 Å². The second kappa shape index (κ2) is 16.0. The number of hydrogen-bond donors (Lipinski definition) is 0. The van der Waals surface area contributed by atoms with Crippen molar-refractivity contribution in [1.29, 1.82) is 0 Å². The molecule has 2 nitrogen and oxygen atoms in total. The van der Waals surface area contributed by atoms with E-state index < -0.39 is 5.60 Å². The molecular weight excluding hydrogens is 571 g/mol. The lowest BCUT2D eigenvalue weighted by molar-refractivity contribution is 0.149. The average molecular weight is 626 g/mol. The van der Waals surface area contributed by atoms with Gasteiger partial charge in [-0.3, -0.25) is 0 Å². The lowest BCUT2D eigenvalue weighted by Crippen LogP contribution is -2.38. The monoisotopic (exact) mass is 625 g/mol. The molecule has 1 fully saturated rings. The zero-order chi connectivity index (χ0) is 34.1. The molecule has 0 aliphatic carbocycles. The van der Waals surface area contributed by atoms with Crippen molar-refractivity contribution in [3.63, 3.8) is 0 Å². The van der Waals surface area contributed by atoms with Gasteiger partial charge in [0, 0.05) is 40.9 Å². The summed E-state index contributed by atoms with van der Waals surface area (Å²) in [6.07, 6.45) is 12.3. The number of aryl methyl sites for hydroxylation is 1. The second-order valence-corrected chi connectivity index (χ2v) is 12.4. The molecule has 246 valence electrons. The number of piperidine rings is 1. The topological polar surface area (TPSA) is 12.5 Å². The van der Waals surface area contributed by atoms with Crippen LogP contribution < -0.4 is 9.64 Å². The van der Waals surface area contributed by atoms with Crippen LogP contribution in [0, 0.1) is 13.8 Å². The number of rotatable bonds is 6. The van der Waals surface area contributed by atoms with Crippen LogP contribution in [0.1, 0.15) is 101 Å². The summed E-state index contributed by atoms with van der Waals surface area (Å²) in [5.74, 6) is 0.954. The van der Waals surface area contributed by atoms with Crippen molar-refractivity contribution >= 4 is 28.1 Å². The normalized spacial score (nSPS) is 17.0. The van der Waals surface area contributed by atoms with Crippen LogP contribution in [0.25, 0.3) is 22.4 Å². The summed E-state index contributed by atoms with van der Waals surface area (Å²) in [6.45, 7) is 25.2. The minimum absolute atomic E-state index is 0.735. The predicted octanol–water partition coefficient (Wildman–Crippen LogP) is 12.8. The van der Waals surface area contributed by atoms with E-state index in [1.807, 2.05) is 39.8 Å². The molecule has 0 saturated carbocycles. The summed E-state index contributed by atoms with van der Waals surface area (Å²) in [7, 11) is 0. The van der Waals surface area contributed by atoms with Crippen LogP contribution in [0.5, 0.6) is 5.75 Å². The number of benzene rings is 4. The largest absolute Gasteiger partial charge is 0.472 e. The van der Waals surface area contributed by atoms with Gasteiger partial charge in [-0.2, -0.15) is 0 Å². The van der Waals surface area contributed by atoms with Crippen molar-refractivity contribution < 1.29 is 4.74 Å². The number of allylic oxidation sites excluding steroid dienone is 5. The van der Waals surface area contributed by atoms with E-state index >= 15 is 0 Å². The molecule has 1 unspecified atom stereocenters. The number of nitrogens with zero attached hydrogens (tertiary/aromatic N) is 1. The molecule has 0 radical (unpaired) electrons. The number of ether oxygens (including phenoxy) is 1. The van der Waals surface area contributed by atoms with Gasteiger partial charge in [0.15, 0.2) is 5.60 Å². The first-order valence-corrected chi connectivity index (χ1v) is 17.7. The molecule has 0 spiro atoms. The highest BCUT2D eigenvalue weighted by atomic mass is 16.5. The molecule has 4 aromatic carbocycles. The van der Waals surface area contributed by atoms with Gasteiger partial charge in [-0.05, 0) is 106 Å². The minimum atomic E-state index is -0.735. The SMILES string of the molecule is C=C/C=C\C(=C(C)C)c1c(C)c2c(c3cc(C)ccc13)OC(c1ccccc1)(c1ccc(N3CCCCC3)cc1)C(C)=C2.CC.CC. The Morgan fingerprint density at radius 3 is 2.04 bits per heavy atom. The molecular formula is C45H55NO. The summed E-state index contributed by atoms with van der Waals surface area (Å²) < 4.78 is 7.48. The van der Waals surface area contributed by atoms with Gasteiger partial charge in [-0.25, -0.2) is 0 Å². The third kappa shape index (κ3) is 6.89. The van der Waals surface area contributed by atoms with Crippen LogP contribution in [0.2, 0.25) is 0 Å². The first-order chi connectivity index (χ1) is 22.8. The molecule has 2 aliphatic heterocycles. The third-order valence-electron chi connectivity index (χ3n) is 9.27. The van der Waals surface area contributed by atoms with Gasteiger partial charge in [-0.1, -0.05) is 118 Å². The Morgan fingerprint density at radius 1 is 0.787 bits per heavy atom. The van der Waals surface area contributed by atoms with Gasteiger partial charge in [0.2, 0.25) is 0 Å². The van der Waals surface area contributed by atoms with Crippen LogP contribution in [0.15, 0.2) is 109 Å². The molecule has 1 saturated heterocycles. The highest BCUT2D eigenvalue weighted by molar-refractivity contribution is 6.04. The van der Waals surface area contributed by atoms with Crippen LogP contribution >= 0.6 is 0 Å². The van der Waals surface area contributed by atoms with E-state index in [1.54, 1.807) is 0 Å². The van der Waals surface area contributed by atoms with E-state index in [2.05, 4.69) is 131 Å². The van der Waals surface area contributed by atoms with Crippen LogP contribution in [-0.4, -0.2) is 13.1 Å². The molecule has 2 heterocycles. The summed E-state index contributed by atoms with van der Waals surface area (Å²) in [5, 5.41) is 2.36. The van der Waals surface area contributed by atoms with Crippen molar-refractivity contribution in [3.8, 4) is 5.75 Å². The van der Waals surface area contributed by atoms with Crippen molar-refractivity contribution in [2.24, 2.45) is 0 Å². The lowest BCUT2D eigenvalue weighted by atomic mass is 9.76. The zero-order valence-electron chi connectivity index (χ0n) is 30.3. The highest BCUT2D eigenvalue weighted by Crippen LogP contribution is 2.51. The van der Waals surface area contributed by atoms with Crippen molar-refractivity contribution in [2.45, 2.75) is 87.2 Å².